The summed E-state index contributed by atoms with van der Waals surface area (Å²) >= 11 is 5.44. The molecule has 0 radical (unpaired) electrons. The van der Waals surface area contributed by atoms with Crippen molar-refractivity contribution in [3.63, 3.8) is 0 Å². The Morgan fingerprint density at radius 3 is 2.62 bits per heavy atom. The topological polar surface area (TPSA) is 85.8 Å². The van der Waals surface area contributed by atoms with Gasteiger partial charge in [0.25, 0.3) is 5.56 Å². The molecule has 7 heteroatoms. The lowest BCUT2D eigenvalue weighted by molar-refractivity contribution is 0.412. The van der Waals surface area contributed by atoms with Gasteiger partial charge in [0.05, 0.1) is 11.7 Å². The van der Waals surface area contributed by atoms with E-state index in [1.165, 1.54) is 10.1 Å². The summed E-state index contributed by atoms with van der Waals surface area (Å²) in [6, 6.07) is 21.4. The van der Waals surface area contributed by atoms with Gasteiger partial charge in [-0.1, -0.05) is 48.5 Å². The number of nitrogens with one attached hydrogen (secondary N) is 3. The van der Waals surface area contributed by atoms with E-state index in [9.17, 15) is 9.90 Å². The quantitative estimate of drug-likeness (QED) is 0.305. The van der Waals surface area contributed by atoms with E-state index in [4.69, 9.17) is 12.2 Å². The van der Waals surface area contributed by atoms with Crippen LogP contribution in [0.15, 0.2) is 71.5 Å². The number of fused-ring (bicyclic) bond motifs is 4. The van der Waals surface area contributed by atoms with E-state index in [1.54, 1.807) is 0 Å². The van der Waals surface area contributed by atoms with Gasteiger partial charge in [-0.25, -0.2) is 0 Å². The van der Waals surface area contributed by atoms with E-state index in [1.807, 2.05) is 60.7 Å². The molecule has 6 rings (SSSR count). The van der Waals surface area contributed by atoms with Crippen LogP contribution in [0, 0.1) is 4.77 Å². The van der Waals surface area contributed by atoms with Crippen LogP contribution >= 0.6 is 12.2 Å². The lowest BCUT2D eigenvalue weighted by Gasteiger charge is -2.25. The molecule has 1 atom stereocenters. The van der Waals surface area contributed by atoms with Crippen molar-refractivity contribution in [2.75, 3.05) is 6.54 Å². The minimum Gasteiger partial charge on any atom is -0.494 e. The Morgan fingerprint density at radius 2 is 1.75 bits per heavy atom. The molecule has 0 fully saturated rings. The molecule has 3 heterocycles. The van der Waals surface area contributed by atoms with Gasteiger partial charge in [-0.15, -0.1) is 0 Å². The van der Waals surface area contributed by atoms with Crippen LogP contribution in [0.5, 0.6) is 5.88 Å². The SMILES string of the molecule is O=c1[nH]c(=S)n(-c2ccc3ccccc3c2)c(O)c1[C@H]1NCCc2c1[nH]c1ccccc21. The molecule has 4 N–H and O–H groups in total. The molecule has 0 bridgehead atoms. The highest BCUT2D eigenvalue weighted by molar-refractivity contribution is 7.71. The first-order valence-corrected chi connectivity index (χ1v) is 10.9. The fourth-order valence-corrected chi connectivity index (χ4v) is 5.07. The zero-order valence-corrected chi connectivity index (χ0v) is 17.9. The summed E-state index contributed by atoms with van der Waals surface area (Å²) in [6.45, 7) is 0.698. The van der Waals surface area contributed by atoms with Gasteiger partial charge in [-0.3, -0.25) is 14.3 Å². The van der Waals surface area contributed by atoms with E-state index in [0.29, 0.717) is 12.2 Å². The molecule has 0 aliphatic carbocycles. The molecular weight excluding hydrogens is 420 g/mol. The Bertz CT molecular complexity index is 1630. The summed E-state index contributed by atoms with van der Waals surface area (Å²) in [5.74, 6) is -0.155. The molecule has 0 saturated heterocycles. The van der Waals surface area contributed by atoms with Gasteiger partial charge in [0.15, 0.2) is 4.77 Å². The van der Waals surface area contributed by atoms with Crippen LogP contribution in [0.4, 0.5) is 0 Å². The van der Waals surface area contributed by atoms with E-state index in [0.717, 1.165) is 33.8 Å². The Morgan fingerprint density at radius 1 is 0.969 bits per heavy atom. The van der Waals surface area contributed by atoms with Crippen LogP contribution in [0.2, 0.25) is 0 Å². The Kier molecular flexibility index (Phi) is 4.28. The molecular formula is C25H20N4O2S. The maximum absolute atomic E-state index is 13.0. The molecule has 1 aliphatic rings. The lowest BCUT2D eigenvalue weighted by atomic mass is 9.95. The minimum atomic E-state index is -0.475. The van der Waals surface area contributed by atoms with Crippen LogP contribution in [0.3, 0.4) is 0 Å². The van der Waals surface area contributed by atoms with E-state index in [2.05, 4.69) is 21.4 Å². The normalized spacial score (nSPS) is 15.8. The fraction of sp³-hybridized carbons (Fsp3) is 0.120. The van der Waals surface area contributed by atoms with E-state index < -0.39 is 11.6 Å². The van der Waals surface area contributed by atoms with Gasteiger partial charge in [0.2, 0.25) is 5.88 Å². The molecule has 0 saturated carbocycles. The van der Waals surface area contributed by atoms with Crippen molar-refractivity contribution in [3.8, 4) is 11.6 Å². The first-order chi connectivity index (χ1) is 15.6. The van der Waals surface area contributed by atoms with Gasteiger partial charge < -0.3 is 15.4 Å². The molecule has 5 aromatic rings. The third kappa shape index (κ3) is 2.82. The summed E-state index contributed by atoms with van der Waals surface area (Å²) in [5.41, 5.74) is 3.64. The van der Waals surface area contributed by atoms with Crippen molar-refractivity contribution in [1.29, 1.82) is 0 Å². The van der Waals surface area contributed by atoms with Crippen molar-refractivity contribution in [1.82, 2.24) is 19.9 Å². The number of aromatic nitrogens is 3. The Balaban J connectivity index is 1.57. The number of aromatic amines is 2. The molecule has 0 unspecified atom stereocenters. The molecule has 32 heavy (non-hydrogen) atoms. The zero-order valence-electron chi connectivity index (χ0n) is 17.1. The molecule has 1 aliphatic heterocycles. The number of para-hydroxylation sites is 1. The molecule has 158 valence electrons. The van der Waals surface area contributed by atoms with Crippen molar-refractivity contribution in [3.05, 3.63) is 98.7 Å². The van der Waals surface area contributed by atoms with Crippen molar-refractivity contribution < 1.29 is 5.11 Å². The van der Waals surface area contributed by atoms with Crippen molar-refractivity contribution in [2.24, 2.45) is 0 Å². The van der Waals surface area contributed by atoms with Crippen LogP contribution in [0.1, 0.15) is 22.9 Å². The van der Waals surface area contributed by atoms with Gasteiger partial charge in [0, 0.05) is 23.1 Å². The molecule has 0 spiro atoms. The highest BCUT2D eigenvalue weighted by atomic mass is 32.1. The standard InChI is InChI=1S/C25H20N4O2S/c30-23-20(22-21-18(11-12-26-22)17-7-3-4-8-19(17)27-21)24(31)29(25(32)28-23)16-10-9-14-5-1-2-6-15(14)13-16/h1-10,13,22,26-27,31H,11-12H2,(H,28,30,32)/t22-/m1/s1. The second-order valence-corrected chi connectivity index (χ2v) is 8.45. The average molecular weight is 441 g/mol. The average Bonchev–Trinajstić information content (AvgIpc) is 3.18. The Labute approximate surface area is 188 Å². The summed E-state index contributed by atoms with van der Waals surface area (Å²) in [4.78, 5) is 19.3. The Hall–Kier alpha value is -3.68. The minimum absolute atomic E-state index is 0.152. The number of H-pyrrole nitrogens is 2. The second-order valence-electron chi connectivity index (χ2n) is 8.06. The highest BCUT2D eigenvalue weighted by Gasteiger charge is 2.30. The maximum atomic E-state index is 13.0. The molecule has 2 aromatic heterocycles. The number of aromatic hydroxyl groups is 1. The van der Waals surface area contributed by atoms with E-state index in [-0.39, 0.29) is 16.2 Å². The molecule has 6 nitrogen and oxygen atoms in total. The number of hydrogen-bond acceptors (Lipinski definition) is 4. The lowest BCUT2D eigenvalue weighted by Crippen LogP contribution is -2.35. The third-order valence-electron chi connectivity index (χ3n) is 6.26. The summed E-state index contributed by atoms with van der Waals surface area (Å²) in [5, 5.41) is 18.0. The van der Waals surface area contributed by atoms with Gasteiger partial charge >= 0.3 is 0 Å². The van der Waals surface area contributed by atoms with Crippen LogP contribution in [-0.4, -0.2) is 26.2 Å². The summed E-state index contributed by atoms with van der Waals surface area (Å²) < 4.78 is 1.68. The first-order valence-electron chi connectivity index (χ1n) is 10.5. The second kappa shape index (κ2) is 7.19. The predicted octanol–water partition coefficient (Wildman–Crippen LogP) is 4.47. The first kappa shape index (κ1) is 19.0. The fourth-order valence-electron chi connectivity index (χ4n) is 4.78. The number of benzene rings is 3. The largest absolute Gasteiger partial charge is 0.494 e. The third-order valence-corrected chi connectivity index (χ3v) is 6.54. The van der Waals surface area contributed by atoms with Crippen LogP contribution in [-0.2, 0) is 6.42 Å². The molecule has 0 amide bonds. The zero-order chi connectivity index (χ0) is 21.8. The van der Waals surface area contributed by atoms with Gasteiger partial charge in [-0.05, 0) is 53.2 Å². The van der Waals surface area contributed by atoms with Crippen LogP contribution in [0.25, 0.3) is 27.4 Å². The van der Waals surface area contributed by atoms with Gasteiger partial charge in [-0.2, -0.15) is 0 Å². The summed E-state index contributed by atoms with van der Waals surface area (Å²) in [7, 11) is 0. The maximum Gasteiger partial charge on any atom is 0.260 e. The smallest absolute Gasteiger partial charge is 0.260 e. The highest BCUT2D eigenvalue weighted by Crippen LogP contribution is 2.36. The molecule has 3 aromatic carbocycles. The number of hydrogen-bond donors (Lipinski definition) is 4. The monoisotopic (exact) mass is 440 g/mol. The number of nitrogens with zero attached hydrogens (tertiary/aromatic N) is 1. The van der Waals surface area contributed by atoms with E-state index >= 15 is 0 Å². The number of rotatable bonds is 2. The predicted molar refractivity (Wildman–Crippen MR) is 128 cm³/mol. The van der Waals surface area contributed by atoms with Crippen molar-refractivity contribution >= 4 is 33.9 Å². The van der Waals surface area contributed by atoms with Crippen LogP contribution < -0.4 is 10.9 Å². The van der Waals surface area contributed by atoms with Gasteiger partial charge in [0.1, 0.15) is 5.56 Å². The van der Waals surface area contributed by atoms with Crippen molar-refractivity contribution in [2.45, 2.75) is 12.5 Å². The summed E-state index contributed by atoms with van der Waals surface area (Å²) in [6.07, 6.45) is 0.846.